The van der Waals surface area contributed by atoms with Gasteiger partial charge in [-0.15, -0.1) is 5.10 Å². The zero-order valence-corrected chi connectivity index (χ0v) is 7.57. The highest BCUT2D eigenvalue weighted by Gasteiger charge is 2.25. The molecule has 1 aromatic heterocycles. The normalized spacial score (nSPS) is 11.3. The first-order valence-corrected chi connectivity index (χ1v) is 4.20. The van der Waals surface area contributed by atoms with Crippen LogP contribution in [-0.4, -0.2) is 21.4 Å². The molecule has 0 saturated heterocycles. The van der Waals surface area contributed by atoms with Crippen molar-refractivity contribution in [3.8, 4) is 0 Å². The van der Waals surface area contributed by atoms with Gasteiger partial charge in [0.1, 0.15) is 5.00 Å². The molecule has 0 aromatic carbocycles. The summed E-state index contributed by atoms with van der Waals surface area (Å²) in [6.45, 7) is 0.692. The largest absolute Gasteiger partial charge is 0.315 e. The lowest BCUT2D eigenvalue weighted by Crippen LogP contribution is -2.21. The van der Waals surface area contributed by atoms with Gasteiger partial charge >= 0.3 is 0 Å². The smallest absolute Gasteiger partial charge is 0.254 e. The van der Waals surface area contributed by atoms with Gasteiger partial charge in [0, 0.05) is 11.5 Å². The van der Waals surface area contributed by atoms with E-state index in [1.165, 1.54) is 6.20 Å². The number of hydrogen-bond donors (Lipinski definition) is 1. The molecule has 7 heteroatoms. The molecule has 72 valence electrons. The molecule has 0 spiro atoms. The van der Waals surface area contributed by atoms with Crippen LogP contribution in [0.2, 0.25) is 0 Å². The number of hydrogen-bond acceptors (Lipinski definition) is 4. The molecule has 0 radical (unpaired) electrons. The maximum atomic E-state index is 12.3. The highest BCUT2D eigenvalue weighted by Crippen LogP contribution is 2.18. The number of nitrogens with one attached hydrogen (secondary N) is 1. The third-order valence-electron chi connectivity index (χ3n) is 1.09. The fourth-order valence-corrected chi connectivity index (χ4v) is 1.12. The Balaban J connectivity index is 2.43. The highest BCUT2D eigenvalue weighted by molar-refractivity contribution is 7.10. The van der Waals surface area contributed by atoms with Gasteiger partial charge in [-0.2, -0.15) is 0 Å². The molecule has 1 N–H and O–H groups in total. The molecule has 4 nitrogen and oxygen atoms in total. The van der Waals surface area contributed by atoms with Crippen molar-refractivity contribution in [1.29, 1.82) is 0 Å². The summed E-state index contributed by atoms with van der Waals surface area (Å²) in [6.07, 6.45) is 0.473. The monoisotopic (exact) mass is 207 g/mol. The molecule has 1 aromatic rings. The number of carbonyl (C=O) groups excluding carboxylic acids is 1. The molecule has 0 fully saturated rings. The Hall–Kier alpha value is -1.11. The Bertz CT molecular complexity index is 283. The molecule has 0 atom stereocenters. The highest BCUT2D eigenvalue weighted by atomic mass is 32.1. The van der Waals surface area contributed by atoms with E-state index in [-0.39, 0.29) is 0 Å². The predicted octanol–water partition coefficient (Wildman–Crippen LogP) is 1.52. The second kappa shape index (κ2) is 3.73. The Morgan fingerprint density at radius 2 is 2.46 bits per heavy atom. The Labute approximate surface area is 77.1 Å². The fraction of sp³-hybridized carbons (Fsp3) is 0.500. The number of alkyl halides is 2. The molecular formula is C6H7F2N3OS. The summed E-state index contributed by atoms with van der Waals surface area (Å²) in [7, 11) is 0. The fourth-order valence-electron chi connectivity index (χ4n) is 0.686. The Kier molecular flexibility index (Phi) is 2.86. The van der Waals surface area contributed by atoms with Crippen molar-refractivity contribution in [2.45, 2.75) is 19.3 Å². The number of aromatic nitrogens is 2. The van der Waals surface area contributed by atoms with Crippen LogP contribution in [-0.2, 0) is 4.79 Å². The zero-order valence-electron chi connectivity index (χ0n) is 6.75. The SMILES string of the molecule is CC(F)(F)CC(=O)Nc1cnns1. The lowest BCUT2D eigenvalue weighted by atomic mass is 10.2. The minimum atomic E-state index is -2.98. The minimum Gasteiger partial charge on any atom is -0.315 e. The number of nitrogens with zero attached hydrogens (tertiary/aromatic N) is 2. The van der Waals surface area contributed by atoms with Crippen molar-refractivity contribution < 1.29 is 13.6 Å². The van der Waals surface area contributed by atoms with E-state index in [9.17, 15) is 13.6 Å². The first kappa shape index (κ1) is 9.97. The molecule has 1 amide bonds. The van der Waals surface area contributed by atoms with E-state index in [4.69, 9.17) is 0 Å². The standard InChI is InChI=1S/C6H7F2N3OS/c1-6(7,8)2-4(12)10-5-3-9-11-13-5/h3H,2H2,1H3,(H,10,12). The lowest BCUT2D eigenvalue weighted by Gasteiger charge is -2.08. The average Bonchev–Trinajstić information content (AvgIpc) is 2.34. The summed E-state index contributed by atoms with van der Waals surface area (Å²) >= 11 is 0.939. The van der Waals surface area contributed by atoms with E-state index in [1.807, 2.05) is 0 Å². The van der Waals surface area contributed by atoms with E-state index in [1.54, 1.807) is 0 Å². The second-order valence-electron chi connectivity index (χ2n) is 2.58. The van der Waals surface area contributed by atoms with Gasteiger partial charge in [0.2, 0.25) is 5.91 Å². The molecule has 0 unspecified atom stereocenters. The number of rotatable bonds is 3. The number of amides is 1. The zero-order chi connectivity index (χ0) is 9.90. The molecule has 0 aliphatic carbocycles. The van der Waals surface area contributed by atoms with Crippen LogP contribution in [0, 0.1) is 0 Å². The number of anilines is 1. The Morgan fingerprint density at radius 1 is 1.77 bits per heavy atom. The third kappa shape index (κ3) is 3.88. The van der Waals surface area contributed by atoms with Crippen molar-refractivity contribution in [2.24, 2.45) is 0 Å². The molecule has 1 rings (SSSR count). The minimum absolute atomic E-state index is 0.370. The van der Waals surface area contributed by atoms with Gasteiger partial charge in [-0.25, -0.2) is 8.78 Å². The quantitative estimate of drug-likeness (QED) is 0.817. The van der Waals surface area contributed by atoms with Crippen molar-refractivity contribution in [3.63, 3.8) is 0 Å². The summed E-state index contributed by atoms with van der Waals surface area (Å²) in [5.74, 6) is -3.72. The van der Waals surface area contributed by atoms with Gasteiger partial charge < -0.3 is 5.32 Å². The maximum Gasteiger partial charge on any atom is 0.254 e. The summed E-state index contributed by atoms with van der Waals surface area (Å²) in [5.41, 5.74) is 0. The van der Waals surface area contributed by atoms with Gasteiger partial charge in [0.05, 0.1) is 12.6 Å². The van der Waals surface area contributed by atoms with Crippen LogP contribution in [0.5, 0.6) is 0 Å². The van der Waals surface area contributed by atoms with Gasteiger partial charge in [-0.3, -0.25) is 4.79 Å². The Morgan fingerprint density at radius 3 is 2.92 bits per heavy atom. The van der Waals surface area contributed by atoms with E-state index >= 15 is 0 Å². The van der Waals surface area contributed by atoms with Crippen molar-refractivity contribution in [1.82, 2.24) is 9.59 Å². The van der Waals surface area contributed by atoms with Crippen LogP contribution in [0.4, 0.5) is 13.8 Å². The van der Waals surface area contributed by atoms with Gasteiger partial charge in [-0.1, -0.05) is 4.49 Å². The van der Waals surface area contributed by atoms with Crippen LogP contribution in [0.1, 0.15) is 13.3 Å². The van der Waals surface area contributed by atoms with E-state index < -0.39 is 18.3 Å². The maximum absolute atomic E-state index is 12.3. The van der Waals surface area contributed by atoms with Crippen molar-refractivity contribution in [3.05, 3.63) is 6.20 Å². The summed E-state index contributed by atoms with van der Waals surface area (Å²) in [5, 5.41) is 6.06. The predicted molar refractivity (Wildman–Crippen MR) is 43.8 cm³/mol. The molecular weight excluding hydrogens is 200 g/mol. The van der Waals surface area contributed by atoms with Crippen LogP contribution in [0.25, 0.3) is 0 Å². The molecule has 0 bridgehead atoms. The van der Waals surface area contributed by atoms with Gasteiger partial charge in [0.25, 0.3) is 5.92 Å². The number of halogens is 2. The van der Waals surface area contributed by atoms with Crippen LogP contribution in [0.15, 0.2) is 6.20 Å². The van der Waals surface area contributed by atoms with Crippen molar-refractivity contribution in [2.75, 3.05) is 5.32 Å². The van der Waals surface area contributed by atoms with Crippen molar-refractivity contribution >= 4 is 22.4 Å². The molecule has 13 heavy (non-hydrogen) atoms. The van der Waals surface area contributed by atoms with Crippen LogP contribution in [0.3, 0.4) is 0 Å². The van der Waals surface area contributed by atoms with Crippen LogP contribution < -0.4 is 5.32 Å². The first-order chi connectivity index (χ1) is 5.97. The molecule has 0 aliphatic heterocycles. The first-order valence-electron chi connectivity index (χ1n) is 3.42. The van der Waals surface area contributed by atoms with E-state index in [2.05, 4.69) is 14.9 Å². The average molecular weight is 207 g/mol. The summed E-state index contributed by atoms with van der Waals surface area (Å²) in [6, 6.07) is 0. The van der Waals surface area contributed by atoms with E-state index in [0.717, 1.165) is 11.5 Å². The summed E-state index contributed by atoms with van der Waals surface area (Å²) < 4.78 is 28.1. The molecule has 0 aliphatic rings. The third-order valence-corrected chi connectivity index (χ3v) is 1.67. The van der Waals surface area contributed by atoms with E-state index in [0.29, 0.717) is 11.9 Å². The topological polar surface area (TPSA) is 54.9 Å². The second-order valence-corrected chi connectivity index (χ2v) is 3.36. The number of carbonyl (C=O) groups is 1. The van der Waals surface area contributed by atoms with Gasteiger partial charge in [0.15, 0.2) is 0 Å². The molecule has 0 saturated carbocycles. The molecule has 1 heterocycles. The summed E-state index contributed by atoms with van der Waals surface area (Å²) in [4.78, 5) is 10.9. The van der Waals surface area contributed by atoms with Gasteiger partial charge in [-0.05, 0) is 6.92 Å². The lowest BCUT2D eigenvalue weighted by molar-refractivity contribution is -0.122. The van der Waals surface area contributed by atoms with Crippen LogP contribution >= 0.6 is 11.5 Å².